The molecule has 4 nitrogen and oxygen atoms in total. The summed E-state index contributed by atoms with van der Waals surface area (Å²) in [4.78, 5) is 12.5. The maximum Gasteiger partial charge on any atom is 0.420 e. The van der Waals surface area contributed by atoms with Gasteiger partial charge in [0.05, 0.1) is 12.2 Å². The van der Waals surface area contributed by atoms with Crippen LogP contribution in [0.3, 0.4) is 0 Å². The van der Waals surface area contributed by atoms with Crippen LogP contribution in [-0.4, -0.2) is 25.2 Å². The second kappa shape index (κ2) is 9.08. The molecular weight excluding hydrogens is 335 g/mol. The van der Waals surface area contributed by atoms with Gasteiger partial charge in [-0.05, 0) is 38.5 Å². The van der Waals surface area contributed by atoms with Crippen LogP contribution < -0.4 is 10.1 Å². The molecule has 142 valence electrons. The number of ether oxygens (including phenoxy) is 2. The number of hydrogen-bond donors (Lipinski definition) is 1. The molecule has 1 rings (SSSR count). The first-order valence-electron chi connectivity index (χ1n) is 8.38. The van der Waals surface area contributed by atoms with Gasteiger partial charge >= 0.3 is 6.18 Å². The molecule has 1 aromatic rings. The zero-order chi connectivity index (χ0) is 19.1. The fourth-order valence-corrected chi connectivity index (χ4v) is 2.39. The molecule has 0 fully saturated rings. The first-order valence-corrected chi connectivity index (χ1v) is 8.38. The third kappa shape index (κ3) is 5.92. The Morgan fingerprint density at radius 3 is 2.40 bits per heavy atom. The molecule has 0 radical (unpaired) electrons. The maximum absolute atomic E-state index is 13.2. The summed E-state index contributed by atoms with van der Waals surface area (Å²) in [6.45, 7) is 5.41. The van der Waals surface area contributed by atoms with Crippen LogP contribution in [-0.2, 0) is 15.7 Å². The number of halogens is 3. The van der Waals surface area contributed by atoms with Crippen molar-refractivity contribution in [2.75, 3.05) is 19.0 Å². The number of nitrogens with one attached hydrogen (secondary N) is 1. The molecule has 1 atom stereocenters. The molecule has 0 bridgehead atoms. The Bertz CT molecular complexity index is 575. The highest BCUT2D eigenvalue weighted by Gasteiger charge is 2.36. The number of amides is 1. The summed E-state index contributed by atoms with van der Waals surface area (Å²) < 4.78 is 49.9. The fourth-order valence-electron chi connectivity index (χ4n) is 2.39. The van der Waals surface area contributed by atoms with Gasteiger partial charge in [0.25, 0.3) is 5.91 Å². The van der Waals surface area contributed by atoms with Crippen LogP contribution in [0.2, 0.25) is 0 Å². The van der Waals surface area contributed by atoms with E-state index in [-0.39, 0.29) is 18.0 Å². The highest BCUT2D eigenvalue weighted by atomic mass is 19.4. The van der Waals surface area contributed by atoms with Crippen LogP contribution >= 0.6 is 0 Å². The predicted molar refractivity (Wildman–Crippen MR) is 90.8 cm³/mol. The SMILES string of the molecule is CCCCC[C@@](C)(OC)C(=O)Nc1ccc(OCC)c(C(F)(F)F)c1. The third-order valence-corrected chi connectivity index (χ3v) is 4.03. The van der Waals surface area contributed by atoms with E-state index in [2.05, 4.69) is 5.32 Å². The number of alkyl halides is 3. The van der Waals surface area contributed by atoms with Gasteiger partial charge in [-0.3, -0.25) is 4.79 Å². The van der Waals surface area contributed by atoms with Gasteiger partial charge in [-0.1, -0.05) is 26.2 Å². The first kappa shape index (κ1) is 21.3. The lowest BCUT2D eigenvalue weighted by Gasteiger charge is -2.27. The van der Waals surface area contributed by atoms with E-state index in [0.717, 1.165) is 25.3 Å². The molecule has 0 saturated carbocycles. The van der Waals surface area contributed by atoms with E-state index in [1.807, 2.05) is 6.92 Å². The maximum atomic E-state index is 13.2. The molecule has 1 amide bonds. The van der Waals surface area contributed by atoms with Crippen LogP contribution in [0.25, 0.3) is 0 Å². The van der Waals surface area contributed by atoms with Crippen molar-refractivity contribution in [3.05, 3.63) is 23.8 Å². The van der Waals surface area contributed by atoms with Crippen LogP contribution in [0.15, 0.2) is 18.2 Å². The fraction of sp³-hybridized carbons (Fsp3) is 0.611. The minimum absolute atomic E-state index is 0.0551. The average molecular weight is 361 g/mol. The lowest BCUT2D eigenvalue weighted by molar-refractivity contribution is -0.139. The summed E-state index contributed by atoms with van der Waals surface area (Å²) in [6.07, 6.45) is -1.34. The molecule has 0 aromatic heterocycles. The van der Waals surface area contributed by atoms with E-state index < -0.39 is 23.2 Å². The van der Waals surface area contributed by atoms with Crippen molar-refractivity contribution < 1.29 is 27.4 Å². The van der Waals surface area contributed by atoms with Gasteiger partial charge in [0.1, 0.15) is 11.4 Å². The van der Waals surface area contributed by atoms with E-state index in [1.54, 1.807) is 13.8 Å². The Morgan fingerprint density at radius 2 is 1.88 bits per heavy atom. The summed E-state index contributed by atoms with van der Waals surface area (Å²) in [5, 5.41) is 2.52. The Balaban J connectivity index is 2.99. The molecular formula is C18H26F3NO3. The van der Waals surface area contributed by atoms with Gasteiger partial charge < -0.3 is 14.8 Å². The van der Waals surface area contributed by atoms with Crippen molar-refractivity contribution >= 4 is 11.6 Å². The van der Waals surface area contributed by atoms with Crippen LogP contribution in [0.5, 0.6) is 5.75 Å². The van der Waals surface area contributed by atoms with Gasteiger partial charge in [0, 0.05) is 12.8 Å². The summed E-state index contributed by atoms with van der Waals surface area (Å²) in [7, 11) is 1.42. The van der Waals surface area contributed by atoms with E-state index in [9.17, 15) is 18.0 Å². The van der Waals surface area contributed by atoms with E-state index in [1.165, 1.54) is 19.2 Å². The summed E-state index contributed by atoms with van der Waals surface area (Å²) in [5.41, 5.74) is -1.96. The van der Waals surface area contributed by atoms with Crippen molar-refractivity contribution in [2.24, 2.45) is 0 Å². The standard InChI is InChI=1S/C18H26F3NO3/c1-5-7-8-11-17(3,24-4)16(23)22-13-9-10-15(25-6-2)14(12-13)18(19,20)21/h9-10,12H,5-8,11H2,1-4H3,(H,22,23)/t17-/m1/s1. The van der Waals surface area contributed by atoms with Gasteiger partial charge in [-0.15, -0.1) is 0 Å². The molecule has 0 spiro atoms. The number of carbonyl (C=O) groups is 1. The molecule has 0 aliphatic carbocycles. The third-order valence-electron chi connectivity index (χ3n) is 4.03. The lowest BCUT2D eigenvalue weighted by Crippen LogP contribution is -2.42. The van der Waals surface area contributed by atoms with Gasteiger partial charge in [-0.2, -0.15) is 13.2 Å². The largest absolute Gasteiger partial charge is 0.493 e. The summed E-state index contributed by atoms with van der Waals surface area (Å²) in [6, 6.07) is 3.48. The highest BCUT2D eigenvalue weighted by molar-refractivity contribution is 5.97. The van der Waals surface area contributed by atoms with Crippen molar-refractivity contribution in [1.82, 2.24) is 0 Å². The van der Waals surface area contributed by atoms with Crippen molar-refractivity contribution in [3.63, 3.8) is 0 Å². The van der Waals surface area contributed by atoms with E-state index >= 15 is 0 Å². The Hall–Kier alpha value is -1.76. The minimum atomic E-state index is -4.57. The molecule has 7 heteroatoms. The number of methoxy groups -OCH3 is 1. The van der Waals surface area contributed by atoms with Crippen molar-refractivity contribution in [2.45, 2.75) is 58.2 Å². The lowest BCUT2D eigenvalue weighted by atomic mass is 9.96. The Kier molecular flexibility index (Phi) is 7.73. The molecule has 0 heterocycles. The van der Waals surface area contributed by atoms with Crippen molar-refractivity contribution in [3.8, 4) is 5.75 Å². The second-order valence-electron chi connectivity index (χ2n) is 5.99. The molecule has 0 unspecified atom stereocenters. The number of rotatable bonds is 9. The van der Waals surface area contributed by atoms with Gasteiger partial charge in [0.15, 0.2) is 0 Å². The average Bonchev–Trinajstić information content (AvgIpc) is 2.55. The number of carbonyl (C=O) groups excluding carboxylic acids is 1. The number of anilines is 1. The molecule has 1 N–H and O–H groups in total. The second-order valence-corrected chi connectivity index (χ2v) is 5.99. The van der Waals surface area contributed by atoms with Crippen molar-refractivity contribution in [1.29, 1.82) is 0 Å². The zero-order valence-corrected chi connectivity index (χ0v) is 15.1. The Labute approximate surface area is 146 Å². The van der Waals surface area contributed by atoms with Crippen LogP contribution in [0.1, 0.15) is 52.0 Å². The molecule has 1 aromatic carbocycles. The minimum Gasteiger partial charge on any atom is -0.493 e. The monoisotopic (exact) mass is 361 g/mol. The topological polar surface area (TPSA) is 47.6 Å². The van der Waals surface area contributed by atoms with Crippen LogP contribution in [0, 0.1) is 0 Å². The first-order chi connectivity index (χ1) is 11.7. The van der Waals surface area contributed by atoms with E-state index in [0.29, 0.717) is 6.42 Å². The molecule has 25 heavy (non-hydrogen) atoms. The smallest absolute Gasteiger partial charge is 0.420 e. The molecule has 0 saturated heterocycles. The Morgan fingerprint density at radius 1 is 1.20 bits per heavy atom. The quantitative estimate of drug-likeness (QED) is 0.628. The number of benzene rings is 1. The predicted octanol–water partition coefficient (Wildman–Crippen LogP) is 5.03. The zero-order valence-electron chi connectivity index (χ0n) is 15.1. The number of unbranched alkanes of at least 4 members (excludes halogenated alkanes) is 2. The van der Waals surface area contributed by atoms with E-state index in [4.69, 9.17) is 9.47 Å². The normalized spacial score (nSPS) is 14.0. The highest BCUT2D eigenvalue weighted by Crippen LogP contribution is 2.38. The van der Waals surface area contributed by atoms with Gasteiger partial charge in [0.2, 0.25) is 0 Å². The molecule has 0 aliphatic heterocycles. The van der Waals surface area contributed by atoms with Crippen LogP contribution in [0.4, 0.5) is 18.9 Å². The van der Waals surface area contributed by atoms with Gasteiger partial charge in [-0.25, -0.2) is 0 Å². The molecule has 0 aliphatic rings. The summed E-state index contributed by atoms with van der Waals surface area (Å²) in [5.74, 6) is -0.728. The number of hydrogen-bond acceptors (Lipinski definition) is 3. The summed E-state index contributed by atoms with van der Waals surface area (Å²) >= 11 is 0.